The molecule has 1 saturated heterocycles. The maximum Gasteiger partial charge on any atom is 0.319 e. The van der Waals surface area contributed by atoms with Gasteiger partial charge in [0.1, 0.15) is 0 Å². The van der Waals surface area contributed by atoms with Crippen LogP contribution in [0.4, 0.5) is 10.5 Å². The SMILES string of the molecule is CC(C)CN1CCOC(CNC(=O)Nc2ccc(CC#N)cc2)C1. The average molecular weight is 330 g/mol. The Balaban J connectivity index is 1.73. The van der Waals surface area contributed by atoms with Crippen molar-refractivity contribution in [2.24, 2.45) is 5.92 Å². The van der Waals surface area contributed by atoms with Crippen molar-refractivity contribution < 1.29 is 9.53 Å². The zero-order valence-electron chi connectivity index (χ0n) is 14.4. The fourth-order valence-corrected chi connectivity index (χ4v) is 2.77. The molecule has 1 unspecified atom stereocenters. The Kier molecular flexibility index (Phi) is 7.04. The molecular weight excluding hydrogens is 304 g/mol. The molecule has 0 radical (unpaired) electrons. The minimum atomic E-state index is -0.243. The zero-order chi connectivity index (χ0) is 17.4. The van der Waals surface area contributed by atoms with E-state index in [4.69, 9.17) is 10.00 Å². The fourth-order valence-electron chi connectivity index (χ4n) is 2.77. The average Bonchev–Trinajstić information content (AvgIpc) is 2.55. The van der Waals surface area contributed by atoms with Gasteiger partial charge >= 0.3 is 6.03 Å². The van der Waals surface area contributed by atoms with Gasteiger partial charge in [-0.15, -0.1) is 0 Å². The number of hydrogen-bond donors (Lipinski definition) is 2. The molecule has 0 bridgehead atoms. The van der Waals surface area contributed by atoms with E-state index < -0.39 is 0 Å². The van der Waals surface area contributed by atoms with Gasteiger partial charge in [-0.1, -0.05) is 26.0 Å². The maximum atomic E-state index is 12.0. The zero-order valence-corrected chi connectivity index (χ0v) is 14.4. The van der Waals surface area contributed by atoms with Gasteiger partial charge in [-0.3, -0.25) is 4.90 Å². The van der Waals surface area contributed by atoms with Crippen LogP contribution < -0.4 is 10.6 Å². The maximum absolute atomic E-state index is 12.0. The topological polar surface area (TPSA) is 77.4 Å². The van der Waals surface area contributed by atoms with Crippen LogP contribution in [0.25, 0.3) is 0 Å². The van der Waals surface area contributed by atoms with Crippen LogP contribution in [0.15, 0.2) is 24.3 Å². The Hall–Kier alpha value is -2.10. The van der Waals surface area contributed by atoms with E-state index in [-0.39, 0.29) is 12.1 Å². The van der Waals surface area contributed by atoms with Crippen molar-refractivity contribution in [2.45, 2.75) is 26.4 Å². The standard InChI is InChI=1S/C18H26N4O2/c1-14(2)12-22-9-10-24-17(13-22)11-20-18(23)21-16-5-3-15(4-6-16)7-8-19/h3-6,14,17H,7,9-13H2,1-2H3,(H2,20,21,23). The number of hydrogen-bond acceptors (Lipinski definition) is 4. The van der Waals surface area contributed by atoms with Crippen LogP contribution in [-0.4, -0.2) is 49.8 Å². The predicted molar refractivity (Wildman–Crippen MR) is 93.8 cm³/mol. The van der Waals surface area contributed by atoms with Gasteiger partial charge in [-0.2, -0.15) is 5.26 Å². The summed E-state index contributed by atoms with van der Waals surface area (Å²) in [5.74, 6) is 0.629. The number of rotatable bonds is 6. The van der Waals surface area contributed by atoms with Gasteiger partial charge in [0, 0.05) is 31.9 Å². The number of morpholine rings is 1. The number of carbonyl (C=O) groups excluding carboxylic acids is 1. The number of urea groups is 1. The Morgan fingerprint density at radius 3 is 2.83 bits per heavy atom. The Morgan fingerprint density at radius 1 is 1.42 bits per heavy atom. The number of anilines is 1. The van der Waals surface area contributed by atoms with Crippen molar-refractivity contribution >= 4 is 11.7 Å². The van der Waals surface area contributed by atoms with Crippen LogP contribution in [0.2, 0.25) is 0 Å². The molecule has 1 fully saturated rings. The van der Waals surface area contributed by atoms with Gasteiger partial charge in [0.15, 0.2) is 0 Å². The molecule has 0 saturated carbocycles. The van der Waals surface area contributed by atoms with Crippen LogP contribution in [0.5, 0.6) is 0 Å². The van der Waals surface area contributed by atoms with E-state index in [0.29, 0.717) is 31.2 Å². The van der Waals surface area contributed by atoms with Crippen molar-refractivity contribution in [3.63, 3.8) is 0 Å². The molecule has 130 valence electrons. The lowest BCUT2D eigenvalue weighted by Crippen LogP contribution is -2.48. The molecule has 1 aromatic rings. The van der Waals surface area contributed by atoms with Crippen LogP contribution in [0.1, 0.15) is 19.4 Å². The second-order valence-electron chi connectivity index (χ2n) is 6.51. The van der Waals surface area contributed by atoms with Crippen LogP contribution in [0, 0.1) is 17.2 Å². The van der Waals surface area contributed by atoms with Crippen LogP contribution in [0.3, 0.4) is 0 Å². The summed E-state index contributed by atoms with van der Waals surface area (Å²) in [6.45, 7) is 8.47. The van der Waals surface area contributed by atoms with E-state index in [0.717, 1.165) is 25.2 Å². The van der Waals surface area contributed by atoms with Gasteiger partial charge in [-0.05, 0) is 23.6 Å². The predicted octanol–water partition coefficient (Wildman–Crippen LogP) is 2.23. The van der Waals surface area contributed by atoms with Crippen LogP contribution >= 0.6 is 0 Å². The summed E-state index contributed by atoms with van der Waals surface area (Å²) in [6.07, 6.45) is 0.402. The molecule has 2 amide bonds. The monoisotopic (exact) mass is 330 g/mol. The van der Waals surface area contributed by atoms with E-state index >= 15 is 0 Å². The summed E-state index contributed by atoms with van der Waals surface area (Å²) in [6, 6.07) is 9.13. The molecule has 6 nitrogen and oxygen atoms in total. The highest BCUT2D eigenvalue weighted by Crippen LogP contribution is 2.10. The molecule has 0 aliphatic carbocycles. The molecule has 1 aromatic carbocycles. The molecule has 0 aromatic heterocycles. The molecule has 1 aliphatic heterocycles. The van der Waals surface area contributed by atoms with Crippen molar-refractivity contribution in [1.29, 1.82) is 5.26 Å². The smallest absolute Gasteiger partial charge is 0.319 e. The summed E-state index contributed by atoms with van der Waals surface area (Å²) < 4.78 is 5.72. The minimum Gasteiger partial charge on any atom is -0.374 e. The number of nitrogens with one attached hydrogen (secondary N) is 2. The molecule has 1 atom stereocenters. The van der Waals surface area contributed by atoms with E-state index in [1.165, 1.54) is 0 Å². The highest BCUT2D eigenvalue weighted by atomic mass is 16.5. The molecule has 1 aliphatic rings. The number of nitriles is 1. The number of nitrogens with zero attached hydrogens (tertiary/aromatic N) is 2. The van der Waals surface area contributed by atoms with Crippen molar-refractivity contribution in [3.8, 4) is 6.07 Å². The van der Waals surface area contributed by atoms with Gasteiger partial charge in [0.25, 0.3) is 0 Å². The number of benzene rings is 1. The molecule has 1 heterocycles. The molecule has 2 N–H and O–H groups in total. The number of carbonyl (C=O) groups is 1. The molecule has 24 heavy (non-hydrogen) atoms. The van der Waals surface area contributed by atoms with Gasteiger partial charge in [-0.25, -0.2) is 4.79 Å². The Morgan fingerprint density at radius 2 is 2.17 bits per heavy atom. The summed E-state index contributed by atoms with van der Waals surface area (Å²) in [4.78, 5) is 14.4. The van der Waals surface area contributed by atoms with E-state index in [1.54, 1.807) is 12.1 Å². The Labute approximate surface area is 143 Å². The fraction of sp³-hybridized carbons (Fsp3) is 0.556. The first kappa shape index (κ1) is 18.2. The molecule has 2 rings (SSSR count). The van der Waals surface area contributed by atoms with E-state index in [1.807, 2.05) is 12.1 Å². The molecule has 0 spiro atoms. The van der Waals surface area contributed by atoms with E-state index in [2.05, 4.69) is 35.5 Å². The number of amides is 2. The number of ether oxygens (including phenoxy) is 1. The first-order chi connectivity index (χ1) is 11.6. The van der Waals surface area contributed by atoms with Gasteiger partial charge in [0.2, 0.25) is 0 Å². The second kappa shape index (κ2) is 9.26. The summed E-state index contributed by atoms with van der Waals surface area (Å²) in [7, 11) is 0. The van der Waals surface area contributed by atoms with Crippen LogP contribution in [-0.2, 0) is 11.2 Å². The van der Waals surface area contributed by atoms with Crippen molar-refractivity contribution in [3.05, 3.63) is 29.8 Å². The van der Waals surface area contributed by atoms with Gasteiger partial charge in [0.05, 0.1) is 25.2 Å². The minimum absolute atomic E-state index is 0.0289. The largest absolute Gasteiger partial charge is 0.374 e. The third-order valence-electron chi connectivity index (χ3n) is 3.83. The highest BCUT2D eigenvalue weighted by Gasteiger charge is 2.21. The first-order valence-corrected chi connectivity index (χ1v) is 8.41. The lowest BCUT2D eigenvalue weighted by atomic mass is 10.1. The molecule has 6 heteroatoms. The normalized spacial score (nSPS) is 18.2. The Bertz CT molecular complexity index is 565. The third kappa shape index (κ3) is 6.19. The summed E-state index contributed by atoms with van der Waals surface area (Å²) in [5.41, 5.74) is 1.64. The van der Waals surface area contributed by atoms with Gasteiger partial charge < -0.3 is 15.4 Å². The highest BCUT2D eigenvalue weighted by molar-refractivity contribution is 5.89. The summed E-state index contributed by atoms with van der Waals surface area (Å²) >= 11 is 0. The van der Waals surface area contributed by atoms with Crippen molar-refractivity contribution in [1.82, 2.24) is 10.2 Å². The molecular formula is C18H26N4O2. The lowest BCUT2D eigenvalue weighted by molar-refractivity contribution is -0.0288. The van der Waals surface area contributed by atoms with E-state index in [9.17, 15) is 4.79 Å². The summed E-state index contributed by atoms with van der Waals surface area (Å²) in [5, 5.41) is 14.3. The van der Waals surface area contributed by atoms with Crippen molar-refractivity contribution in [2.75, 3.05) is 38.1 Å². The lowest BCUT2D eigenvalue weighted by Gasteiger charge is -2.33. The quantitative estimate of drug-likeness (QED) is 0.838. The first-order valence-electron chi connectivity index (χ1n) is 8.41. The third-order valence-corrected chi connectivity index (χ3v) is 3.83. The second-order valence-corrected chi connectivity index (χ2v) is 6.51.